The molecule has 78 valence electrons. The number of hydrogen-bond acceptors (Lipinski definition) is 5. The molecule has 0 fully saturated rings. The lowest BCUT2D eigenvalue weighted by molar-refractivity contribution is 1.24. The normalized spacial score (nSPS) is 10.5. The van der Waals surface area contributed by atoms with Gasteiger partial charge in [-0.1, -0.05) is 11.6 Å². The highest BCUT2D eigenvalue weighted by atomic mass is 35.5. The minimum atomic E-state index is 0.542. The first-order valence-electron chi connectivity index (χ1n) is 4.18. The van der Waals surface area contributed by atoms with E-state index in [0.717, 1.165) is 15.5 Å². The Kier molecular flexibility index (Phi) is 3.45. The Labute approximate surface area is 101 Å². The number of nitrogen functional groups attached to an aromatic ring is 1. The van der Waals surface area contributed by atoms with Gasteiger partial charge in [0.05, 0.1) is 0 Å². The van der Waals surface area contributed by atoms with Crippen LogP contribution in [-0.2, 0) is 5.75 Å². The van der Waals surface area contributed by atoms with Gasteiger partial charge in [0.1, 0.15) is 5.82 Å². The van der Waals surface area contributed by atoms with E-state index in [0.29, 0.717) is 10.3 Å². The van der Waals surface area contributed by atoms with Gasteiger partial charge < -0.3 is 5.73 Å². The van der Waals surface area contributed by atoms with Crippen LogP contribution >= 0.6 is 34.7 Å². The van der Waals surface area contributed by atoms with Crippen LogP contribution in [0.25, 0.3) is 0 Å². The number of thiazole rings is 1. The van der Waals surface area contributed by atoms with Crippen molar-refractivity contribution in [1.82, 2.24) is 9.97 Å². The van der Waals surface area contributed by atoms with E-state index in [1.807, 2.05) is 6.07 Å². The summed E-state index contributed by atoms with van der Waals surface area (Å²) in [5.41, 5.74) is 5.49. The number of nitrogens with two attached hydrogens (primary N) is 1. The molecule has 0 radical (unpaired) electrons. The molecule has 0 saturated carbocycles. The Hall–Kier alpha value is -0.780. The quantitative estimate of drug-likeness (QED) is 0.859. The minimum Gasteiger partial charge on any atom is -0.384 e. The first kappa shape index (κ1) is 10.7. The largest absolute Gasteiger partial charge is 0.384 e. The second-order valence-corrected chi connectivity index (χ2v) is 5.53. The molecule has 0 saturated heterocycles. The third-order valence-corrected chi connectivity index (χ3v) is 3.99. The summed E-state index contributed by atoms with van der Waals surface area (Å²) >= 11 is 8.92. The topological polar surface area (TPSA) is 51.8 Å². The molecular weight excluding hydrogens is 250 g/mol. The van der Waals surface area contributed by atoms with Crippen molar-refractivity contribution < 1.29 is 0 Å². The van der Waals surface area contributed by atoms with E-state index >= 15 is 0 Å². The maximum Gasteiger partial charge on any atom is 0.183 e. The van der Waals surface area contributed by atoms with Gasteiger partial charge in [-0.05, 0) is 12.1 Å². The van der Waals surface area contributed by atoms with Crippen LogP contribution in [0.2, 0.25) is 4.47 Å². The van der Waals surface area contributed by atoms with E-state index in [1.165, 1.54) is 11.3 Å². The summed E-state index contributed by atoms with van der Waals surface area (Å²) in [6, 6.07) is 3.75. The van der Waals surface area contributed by atoms with Crippen molar-refractivity contribution in [3.05, 3.63) is 33.9 Å². The molecule has 2 aromatic heterocycles. The molecule has 0 aliphatic carbocycles. The molecule has 15 heavy (non-hydrogen) atoms. The minimum absolute atomic E-state index is 0.542. The van der Waals surface area contributed by atoms with Gasteiger partial charge in [0.2, 0.25) is 0 Å². The van der Waals surface area contributed by atoms with Crippen LogP contribution in [0.4, 0.5) is 5.82 Å². The van der Waals surface area contributed by atoms with Gasteiger partial charge in [-0.3, -0.25) is 0 Å². The second-order valence-electron chi connectivity index (χ2n) is 2.79. The number of aromatic nitrogens is 2. The Bertz CT molecular complexity index is 441. The lowest BCUT2D eigenvalue weighted by Crippen LogP contribution is -1.87. The van der Waals surface area contributed by atoms with Crippen LogP contribution < -0.4 is 5.73 Å². The van der Waals surface area contributed by atoms with E-state index in [-0.39, 0.29) is 0 Å². The maximum atomic E-state index is 5.73. The number of anilines is 1. The first-order chi connectivity index (χ1) is 7.24. The Morgan fingerprint density at radius 2 is 2.20 bits per heavy atom. The number of thioether (sulfide) groups is 1. The van der Waals surface area contributed by atoms with Crippen LogP contribution in [0.15, 0.2) is 29.4 Å². The van der Waals surface area contributed by atoms with Crippen LogP contribution in [0.3, 0.4) is 0 Å². The zero-order valence-electron chi connectivity index (χ0n) is 7.68. The Morgan fingerprint density at radius 3 is 2.80 bits per heavy atom. The van der Waals surface area contributed by atoms with Crippen molar-refractivity contribution in [3.63, 3.8) is 0 Å². The summed E-state index contributed by atoms with van der Waals surface area (Å²) in [5, 5.41) is 0. The van der Waals surface area contributed by atoms with Gasteiger partial charge >= 0.3 is 0 Å². The molecule has 0 aromatic carbocycles. The number of pyridine rings is 1. The zero-order valence-corrected chi connectivity index (χ0v) is 10.1. The number of hydrogen-bond donors (Lipinski definition) is 1. The first-order valence-corrected chi connectivity index (χ1v) is 6.36. The van der Waals surface area contributed by atoms with Crippen molar-refractivity contribution >= 4 is 40.5 Å². The molecular formula is C9H8ClN3S2. The van der Waals surface area contributed by atoms with Crippen molar-refractivity contribution in [2.75, 3.05) is 5.73 Å². The highest BCUT2D eigenvalue weighted by molar-refractivity contribution is 7.98. The summed E-state index contributed by atoms with van der Waals surface area (Å²) in [4.78, 5) is 10.2. The van der Waals surface area contributed by atoms with Gasteiger partial charge in [0, 0.05) is 27.9 Å². The molecule has 0 unspecified atom stereocenters. The second kappa shape index (κ2) is 4.83. The fourth-order valence-electron chi connectivity index (χ4n) is 0.982. The fraction of sp³-hybridized carbons (Fsp3) is 0.111. The summed E-state index contributed by atoms with van der Waals surface area (Å²) in [7, 11) is 0. The van der Waals surface area contributed by atoms with Gasteiger partial charge in [-0.25, -0.2) is 9.97 Å². The monoisotopic (exact) mass is 257 g/mol. The molecule has 6 heteroatoms. The highest BCUT2D eigenvalue weighted by Gasteiger charge is 2.01. The van der Waals surface area contributed by atoms with Gasteiger partial charge in [0.25, 0.3) is 0 Å². The third kappa shape index (κ3) is 3.09. The predicted octanol–water partition coefficient (Wildman–Crippen LogP) is 3.07. The van der Waals surface area contributed by atoms with E-state index in [2.05, 4.69) is 9.97 Å². The van der Waals surface area contributed by atoms with Gasteiger partial charge in [0.15, 0.2) is 4.47 Å². The van der Waals surface area contributed by atoms with Crippen molar-refractivity contribution in [1.29, 1.82) is 0 Å². The Morgan fingerprint density at radius 1 is 1.33 bits per heavy atom. The van der Waals surface area contributed by atoms with E-state index in [4.69, 9.17) is 17.3 Å². The summed E-state index contributed by atoms with van der Waals surface area (Å²) in [6.07, 6.45) is 3.56. The molecule has 0 aliphatic rings. The predicted molar refractivity (Wildman–Crippen MR) is 65.3 cm³/mol. The standard InChI is InChI=1S/C9H8ClN3S2/c10-9-13-4-7(15-9)5-14-6-1-2-8(11)12-3-6/h1-4H,5H2,(H2,11,12). The lowest BCUT2D eigenvalue weighted by Gasteiger charge is -1.98. The van der Waals surface area contributed by atoms with Crippen LogP contribution in [0.5, 0.6) is 0 Å². The summed E-state index contributed by atoms with van der Waals surface area (Å²) in [5.74, 6) is 1.40. The Balaban J connectivity index is 1.96. The van der Waals surface area contributed by atoms with E-state index in [1.54, 1.807) is 30.2 Å². The van der Waals surface area contributed by atoms with Crippen molar-refractivity contribution in [2.45, 2.75) is 10.6 Å². The average Bonchev–Trinajstić information content (AvgIpc) is 2.64. The summed E-state index contributed by atoms with van der Waals surface area (Å²) in [6.45, 7) is 0. The van der Waals surface area contributed by atoms with Crippen LogP contribution in [0.1, 0.15) is 4.88 Å². The van der Waals surface area contributed by atoms with E-state index in [9.17, 15) is 0 Å². The van der Waals surface area contributed by atoms with Gasteiger partial charge in [-0.2, -0.15) is 0 Å². The molecule has 0 aliphatic heterocycles. The maximum absolute atomic E-state index is 5.73. The lowest BCUT2D eigenvalue weighted by atomic mass is 10.5. The summed E-state index contributed by atoms with van der Waals surface area (Å²) < 4.78 is 0.584. The van der Waals surface area contributed by atoms with Crippen LogP contribution in [-0.4, -0.2) is 9.97 Å². The van der Waals surface area contributed by atoms with Crippen LogP contribution in [0, 0.1) is 0 Å². The smallest absolute Gasteiger partial charge is 0.183 e. The highest BCUT2D eigenvalue weighted by Crippen LogP contribution is 2.26. The number of nitrogens with zero attached hydrogens (tertiary/aromatic N) is 2. The average molecular weight is 258 g/mol. The van der Waals surface area contributed by atoms with Crippen molar-refractivity contribution in [2.24, 2.45) is 0 Å². The fourth-order valence-corrected chi connectivity index (χ4v) is 2.84. The zero-order chi connectivity index (χ0) is 10.7. The molecule has 3 nitrogen and oxygen atoms in total. The molecule has 2 heterocycles. The van der Waals surface area contributed by atoms with Gasteiger partial charge in [-0.15, -0.1) is 23.1 Å². The third-order valence-electron chi connectivity index (χ3n) is 1.67. The molecule has 0 amide bonds. The molecule has 0 bridgehead atoms. The SMILES string of the molecule is Nc1ccc(SCc2cnc(Cl)s2)cn1. The molecule has 2 N–H and O–H groups in total. The number of halogens is 1. The molecule has 2 aromatic rings. The molecule has 0 spiro atoms. The molecule has 2 rings (SSSR count). The molecule has 0 atom stereocenters. The van der Waals surface area contributed by atoms with E-state index < -0.39 is 0 Å². The van der Waals surface area contributed by atoms with Crippen molar-refractivity contribution in [3.8, 4) is 0 Å². The number of rotatable bonds is 3.